The average molecular weight is 507 g/mol. The van der Waals surface area contributed by atoms with E-state index in [0.717, 1.165) is 38.4 Å². The summed E-state index contributed by atoms with van der Waals surface area (Å²) in [5.41, 5.74) is 5.25. The van der Waals surface area contributed by atoms with Crippen LogP contribution in [0, 0.1) is 5.82 Å². The number of primary amides is 1. The third-order valence-corrected chi connectivity index (χ3v) is 4.31. The standard InChI is InChI=1S/C19H30FN5O2.HI/c1-3-22-19(24-16-8-10-25(11-9-16)13-18(21)26)23-12-14(2)27-17-6-4-15(20)5-7-17;/h4-7,14,16H,3,8-13H2,1-2H3,(H2,21,26)(H2,22,23,24);1H. The molecule has 1 amide bonds. The fourth-order valence-corrected chi connectivity index (χ4v) is 2.97. The minimum atomic E-state index is -0.286. The van der Waals surface area contributed by atoms with E-state index >= 15 is 0 Å². The molecule has 158 valence electrons. The van der Waals surface area contributed by atoms with Gasteiger partial charge in [0.15, 0.2) is 5.96 Å². The Kier molecular flexibility index (Phi) is 11.1. The fraction of sp³-hybridized carbons (Fsp3) is 0.579. The van der Waals surface area contributed by atoms with Crippen LogP contribution in [0.2, 0.25) is 0 Å². The molecule has 1 aliphatic heterocycles. The number of hydrogen-bond acceptors (Lipinski definition) is 4. The average Bonchev–Trinajstić information content (AvgIpc) is 2.63. The summed E-state index contributed by atoms with van der Waals surface area (Å²) < 4.78 is 18.7. The summed E-state index contributed by atoms with van der Waals surface area (Å²) in [6, 6.07) is 6.28. The third kappa shape index (κ3) is 9.05. The van der Waals surface area contributed by atoms with Crippen LogP contribution in [0.15, 0.2) is 29.3 Å². The lowest BCUT2D eigenvalue weighted by molar-refractivity contribution is -0.119. The number of amides is 1. The number of nitrogens with one attached hydrogen (secondary N) is 2. The lowest BCUT2D eigenvalue weighted by Gasteiger charge is -2.32. The molecule has 0 saturated carbocycles. The Morgan fingerprint density at radius 2 is 2.00 bits per heavy atom. The molecule has 1 heterocycles. The number of aliphatic imine (C=N–C) groups is 1. The van der Waals surface area contributed by atoms with Gasteiger partial charge in [0.25, 0.3) is 0 Å². The predicted molar refractivity (Wildman–Crippen MR) is 120 cm³/mol. The zero-order valence-electron chi connectivity index (χ0n) is 16.5. The van der Waals surface area contributed by atoms with E-state index in [1.54, 1.807) is 12.1 Å². The van der Waals surface area contributed by atoms with Gasteiger partial charge in [-0.25, -0.2) is 9.38 Å². The molecule has 9 heteroatoms. The van der Waals surface area contributed by atoms with Gasteiger partial charge >= 0.3 is 0 Å². The number of benzene rings is 1. The van der Waals surface area contributed by atoms with Gasteiger partial charge in [0.2, 0.25) is 5.91 Å². The quantitative estimate of drug-likeness (QED) is 0.283. The van der Waals surface area contributed by atoms with E-state index in [0.29, 0.717) is 24.9 Å². The molecule has 7 nitrogen and oxygen atoms in total. The summed E-state index contributed by atoms with van der Waals surface area (Å²) in [4.78, 5) is 17.7. The molecule has 1 aromatic rings. The van der Waals surface area contributed by atoms with Gasteiger partial charge in [-0.15, -0.1) is 24.0 Å². The van der Waals surface area contributed by atoms with Crippen LogP contribution in [0.3, 0.4) is 0 Å². The van der Waals surface area contributed by atoms with Gasteiger partial charge in [0.1, 0.15) is 17.7 Å². The minimum Gasteiger partial charge on any atom is -0.489 e. The minimum absolute atomic E-state index is 0. The molecule has 2 rings (SSSR count). The van der Waals surface area contributed by atoms with E-state index in [4.69, 9.17) is 10.5 Å². The maximum Gasteiger partial charge on any atom is 0.231 e. The van der Waals surface area contributed by atoms with Gasteiger partial charge < -0.3 is 21.1 Å². The van der Waals surface area contributed by atoms with Crippen molar-refractivity contribution in [3.8, 4) is 5.75 Å². The maximum absolute atomic E-state index is 13.0. The van der Waals surface area contributed by atoms with Crippen LogP contribution in [0.4, 0.5) is 4.39 Å². The zero-order valence-corrected chi connectivity index (χ0v) is 18.8. The maximum atomic E-state index is 13.0. The van der Waals surface area contributed by atoms with Crippen molar-refractivity contribution in [2.45, 2.75) is 38.8 Å². The van der Waals surface area contributed by atoms with Crippen molar-refractivity contribution in [1.29, 1.82) is 0 Å². The summed E-state index contributed by atoms with van der Waals surface area (Å²) in [6.45, 7) is 7.18. The molecule has 4 N–H and O–H groups in total. The SMILES string of the molecule is CCNC(=NCC(C)Oc1ccc(F)cc1)NC1CCN(CC(N)=O)CC1.I. The predicted octanol–water partition coefficient (Wildman–Crippen LogP) is 1.72. The highest BCUT2D eigenvalue weighted by Crippen LogP contribution is 2.13. The van der Waals surface area contributed by atoms with E-state index in [-0.39, 0.29) is 41.8 Å². The number of halogens is 2. The van der Waals surface area contributed by atoms with E-state index in [1.165, 1.54) is 12.1 Å². The summed E-state index contributed by atoms with van der Waals surface area (Å²) >= 11 is 0. The molecule has 0 bridgehead atoms. The van der Waals surface area contributed by atoms with Crippen molar-refractivity contribution in [2.24, 2.45) is 10.7 Å². The molecule has 0 aliphatic carbocycles. The summed E-state index contributed by atoms with van der Waals surface area (Å²) in [7, 11) is 0. The molecule has 0 radical (unpaired) electrons. The molecular formula is C19H31FIN5O2. The number of guanidine groups is 1. The fourth-order valence-electron chi connectivity index (χ4n) is 2.97. The van der Waals surface area contributed by atoms with Crippen LogP contribution in [-0.4, -0.2) is 61.6 Å². The van der Waals surface area contributed by atoms with Crippen molar-refractivity contribution < 1.29 is 13.9 Å². The van der Waals surface area contributed by atoms with Crippen LogP contribution in [0.25, 0.3) is 0 Å². The van der Waals surface area contributed by atoms with E-state index in [1.807, 2.05) is 13.8 Å². The summed E-state index contributed by atoms with van der Waals surface area (Å²) in [5, 5.41) is 6.69. The number of carbonyl (C=O) groups excluding carboxylic acids is 1. The second kappa shape index (κ2) is 12.8. The molecule has 1 aromatic carbocycles. The molecule has 0 spiro atoms. The van der Waals surface area contributed by atoms with Gasteiger partial charge in [-0.2, -0.15) is 0 Å². The summed E-state index contributed by atoms with van der Waals surface area (Å²) in [6.07, 6.45) is 1.72. The number of piperidine rings is 1. The molecule has 1 atom stereocenters. The highest BCUT2D eigenvalue weighted by atomic mass is 127. The number of carbonyl (C=O) groups is 1. The Balaban J connectivity index is 0.00000392. The number of nitrogens with zero attached hydrogens (tertiary/aromatic N) is 2. The second-order valence-corrected chi connectivity index (χ2v) is 6.76. The lowest BCUT2D eigenvalue weighted by atomic mass is 10.1. The Bertz CT molecular complexity index is 621. The smallest absolute Gasteiger partial charge is 0.231 e. The van der Waals surface area contributed by atoms with Gasteiger partial charge in [0, 0.05) is 25.7 Å². The molecular weight excluding hydrogens is 476 g/mol. The van der Waals surface area contributed by atoms with E-state index < -0.39 is 0 Å². The third-order valence-electron chi connectivity index (χ3n) is 4.31. The van der Waals surface area contributed by atoms with Crippen molar-refractivity contribution >= 4 is 35.8 Å². The highest BCUT2D eigenvalue weighted by Gasteiger charge is 2.20. The topological polar surface area (TPSA) is 92.0 Å². The Labute approximate surface area is 183 Å². The normalized spacial score (nSPS) is 16.8. The number of likely N-dealkylation sites (tertiary alicyclic amines) is 1. The van der Waals surface area contributed by atoms with Crippen LogP contribution >= 0.6 is 24.0 Å². The second-order valence-electron chi connectivity index (χ2n) is 6.76. The first-order chi connectivity index (χ1) is 13.0. The molecule has 1 aliphatic rings. The molecule has 28 heavy (non-hydrogen) atoms. The monoisotopic (exact) mass is 507 g/mol. The molecule has 1 saturated heterocycles. The largest absolute Gasteiger partial charge is 0.489 e. The van der Waals surface area contributed by atoms with Crippen LogP contribution in [-0.2, 0) is 4.79 Å². The van der Waals surface area contributed by atoms with Crippen LogP contribution < -0.4 is 21.1 Å². The first kappa shape index (κ1) is 24.4. The Morgan fingerprint density at radius 1 is 1.36 bits per heavy atom. The number of rotatable bonds is 8. The number of ether oxygens (including phenoxy) is 1. The van der Waals surface area contributed by atoms with E-state index in [9.17, 15) is 9.18 Å². The van der Waals surface area contributed by atoms with Crippen LogP contribution in [0.1, 0.15) is 26.7 Å². The number of hydrogen-bond donors (Lipinski definition) is 3. The first-order valence-electron chi connectivity index (χ1n) is 9.44. The molecule has 1 unspecified atom stereocenters. The van der Waals surface area contributed by atoms with Crippen molar-refractivity contribution in [3.63, 3.8) is 0 Å². The first-order valence-corrected chi connectivity index (χ1v) is 9.44. The van der Waals surface area contributed by atoms with Gasteiger partial charge in [-0.3, -0.25) is 9.69 Å². The highest BCUT2D eigenvalue weighted by molar-refractivity contribution is 14.0. The number of nitrogens with two attached hydrogens (primary N) is 1. The van der Waals surface area contributed by atoms with Gasteiger partial charge in [-0.1, -0.05) is 0 Å². The van der Waals surface area contributed by atoms with Crippen molar-refractivity contribution in [1.82, 2.24) is 15.5 Å². The molecule has 1 fully saturated rings. The van der Waals surface area contributed by atoms with Gasteiger partial charge in [-0.05, 0) is 51.0 Å². The van der Waals surface area contributed by atoms with Crippen molar-refractivity contribution in [3.05, 3.63) is 30.1 Å². The lowest BCUT2D eigenvalue weighted by Crippen LogP contribution is -2.50. The summed E-state index contributed by atoms with van der Waals surface area (Å²) in [5.74, 6) is 0.805. The van der Waals surface area contributed by atoms with Crippen molar-refractivity contribution in [2.75, 3.05) is 32.7 Å². The molecule has 0 aromatic heterocycles. The zero-order chi connectivity index (χ0) is 19.6. The van der Waals surface area contributed by atoms with Crippen LogP contribution in [0.5, 0.6) is 5.75 Å². The Hall–Kier alpha value is -1.62. The van der Waals surface area contributed by atoms with E-state index in [2.05, 4.69) is 20.5 Å². The van der Waals surface area contributed by atoms with Gasteiger partial charge in [0.05, 0.1) is 13.1 Å². The Morgan fingerprint density at radius 3 is 2.57 bits per heavy atom.